The summed E-state index contributed by atoms with van der Waals surface area (Å²) in [6, 6.07) is 6.79. The largest absolute Gasteiger partial charge is 0.504 e. The van der Waals surface area contributed by atoms with Crippen molar-refractivity contribution in [3.8, 4) is 11.5 Å². The molecule has 16 heavy (non-hydrogen) atoms. The fraction of sp³-hybridized carbons (Fsp3) is 0.500. The summed E-state index contributed by atoms with van der Waals surface area (Å²) < 4.78 is 10.4. The molecule has 1 unspecified atom stereocenters. The van der Waals surface area contributed by atoms with Crippen LogP contribution in [-0.2, 0) is 4.74 Å². The monoisotopic (exact) mass is 226 g/mol. The molecule has 4 heteroatoms. The third-order valence-corrected chi connectivity index (χ3v) is 2.33. The van der Waals surface area contributed by atoms with Gasteiger partial charge in [0, 0.05) is 26.2 Å². The van der Waals surface area contributed by atoms with E-state index in [1.54, 1.807) is 31.4 Å². The van der Waals surface area contributed by atoms with Gasteiger partial charge in [-0.05, 0) is 18.6 Å². The summed E-state index contributed by atoms with van der Waals surface area (Å²) in [5.41, 5.74) is 0. The Morgan fingerprint density at radius 2 is 2.06 bits per heavy atom. The lowest BCUT2D eigenvalue weighted by Gasteiger charge is -2.15. The Labute approximate surface area is 95.4 Å². The molecule has 0 saturated carbocycles. The van der Waals surface area contributed by atoms with Crippen molar-refractivity contribution in [3.05, 3.63) is 24.3 Å². The van der Waals surface area contributed by atoms with Crippen LogP contribution in [-0.4, -0.2) is 37.1 Å². The average molecular weight is 226 g/mol. The lowest BCUT2D eigenvalue weighted by Crippen LogP contribution is -2.17. The second-order valence-electron chi connectivity index (χ2n) is 3.61. The van der Waals surface area contributed by atoms with Crippen LogP contribution in [0, 0.1) is 5.92 Å². The summed E-state index contributed by atoms with van der Waals surface area (Å²) in [6.07, 6.45) is 0.737. The zero-order valence-corrected chi connectivity index (χ0v) is 9.43. The average Bonchev–Trinajstić information content (AvgIpc) is 2.31. The molecule has 0 aliphatic carbocycles. The molecule has 4 nitrogen and oxygen atoms in total. The molecule has 0 saturated heterocycles. The molecule has 1 rings (SSSR count). The predicted molar refractivity (Wildman–Crippen MR) is 60.7 cm³/mol. The molecule has 0 bridgehead atoms. The standard InChI is InChI=1S/C12H18O4/c1-15-7-6-10(8-13)9-16-12-5-3-2-4-11(12)14/h2-5,10,13-14H,6-9H2,1H3. The maximum absolute atomic E-state index is 9.46. The maximum Gasteiger partial charge on any atom is 0.160 e. The van der Waals surface area contributed by atoms with Crippen molar-refractivity contribution in [1.82, 2.24) is 0 Å². The number of benzene rings is 1. The molecule has 2 N–H and O–H groups in total. The number of rotatable bonds is 7. The van der Waals surface area contributed by atoms with Gasteiger partial charge in [0.2, 0.25) is 0 Å². The Kier molecular flexibility index (Phi) is 5.67. The molecule has 0 radical (unpaired) electrons. The number of methoxy groups -OCH3 is 1. The van der Waals surface area contributed by atoms with Crippen molar-refractivity contribution in [2.45, 2.75) is 6.42 Å². The van der Waals surface area contributed by atoms with E-state index in [1.807, 2.05) is 0 Å². The van der Waals surface area contributed by atoms with Crippen LogP contribution in [0.1, 0.15) is 6.42 Å². The summed E-state index contributed by atoms with van der Waals surface area (Å²) in [5.74, 6) is 0.587. The van der Waals surface area contributed by atoms with Gasteiger partial charge in [0.05, 0.1) is 6.61 Å². The van der Waals surface area contributed by atoms with Crippen LogP contribution in [0.5, 0.6) is 11.5 Å². The Morgan fingerprint density at radius 1 is 1.31 bits per heavy atom. The van der Waals surface area contributed by atoms with Gasteiger partial charge in [0.25, 0.3) is 0 Å². The third kappa shape index (κ3) is 4.08. The molecule has 0 aliphatic rings. The highest BCUT2D eigenvalue weighted by molar-refractivity contribution is 5.37. The molecule has 0 spiro atoms. The van der Waals surface area contributed by atoms with Gasteiger partial charge >= 0.3 is 0 Å². The van der Waals surface area contributed by atoms with Crippen molar-refractivity contribution < 1.29 is 19.7 Å². The summed E-state index contributed by atoms with van der Waals surface area (Å²) in [5, 5.41) is 18.6. The second kappa shape index (κ2) is 7.09. The van der Waals surface area contributed by atoms with E-state index in [1.165, 1.54) is 0 Å². The van der Waals surface area contributed by atoms with Gasteiger partial charge in [-0.1, -0.05) is 12.1 Å². The van der Waals surface area contributed by atoms with Gasteiger partial charge in [-0.15, -0.1) is 0 Å². The van der Waals surface area contributed by atoms with Gasteiger partial charge in [-0.2, -0.15) is 0 Å². The fourth-order valence-electron chi connectivity index (χ4n) is 1.30. The van der Waals surface area contributed by atoms with E-state index in [0.717, 1.165) is 6.42 Å². The van der Waals surface area contributed by atoms with E-state index in [2.05, 4.69) is 0 Å². The van der Waals surface area contributed by atoms with Gasteiger partial charge in [0.1, 0.15) is 0 Å². The first-order valence-electron chi connectivity index (χ1n) is 5.28. The Bertz CT molecular complexity index is 301. The number of para-hydroxylation sites is 2. The molecule has 0 fully saturated rings. The maximum atomic E-state index is 9.46. The van der Waals surface area contributed by atoms with Gasteiger partial charge in [0.15, 0.2) is 11.5 Å². The molecule has 1 aromatic carbocycles. The number of hydrogen-bond donors (Lipinski definition) is 2. The highest BCUT2D eigenvalue weighted by Gasteiger charge is 2.09. The molecule has 0 heterocycles. The molecule has 0 amide bonds. The first-order valence-corrected chi connectivity index (χ1v) is 5.28. The number of aliphatic hydroxyl groups is 1. The molecule has 1 atom stereocenters. The first-order chi connectivity index (χ1) is 7.77. The first kappa shape index (κ1) is 12.8. The zero-order chi connectivity index (χ0) is 11.8. The highest BCUT2D eigenvalue weighted by atomic mass is 16.5. The zero-order valence-electron chi connectivity index (χ0n) is 9.43. The summed E-state index contributed by atoms with van der Waals surface area (Å²) in [6.45, 7) is 1.02. The predicted octanol–water partition coefficient (Wildman–Crippen LogP) is 1.42. The molecule has 0 aromatic heterocycles. The number of aromatic hydroxyl groups is 1. The second-order valence-corrected chi connectivity index (χ2v) is 3.61. The van der Waals surface area contributed by atoms with Crippen molar-refractivity contribution in [2.75, 3.05) is 26.9 Å². The van der Waals surface area contributed by atoms with Crippen LogP contribution in [0.15, 0.2) is 24.3 Å². The SMILES string of the molecule is COCCC(CO)COc1ccccc1O. The summed E-state index contributed by atoms with van der Waals surface area (Å²) >= 11 is 0. The van der Waals surface area contributed by atoms with E-state index < -0.39 is 0 Å². The number of aliphatic hydroxyl groups excluding tert-OH is 1. The summed E-state index contributed by atoms with van der Waals surface area (Å²) in [7, 11) is 1.62. The smallest absolute Gasteiger partial charge is 0.160 e. The highest BCUT2D eigenvalue weighted by Crippen LogP contribution is 2.24. The minimum Gasteiger partial charge on any atom is -0.504 e. The van der Waals surface area contributed by atoms with Crippen LogP contribution in [0.3, 0.4) is 0 Å². The van der Waals surface area contributed by atoms with E-state index >= 15 is 0 Å². The van der Waals surface area contributed by atoms with Crippen molar-refractivity contribution in [2.24, 2.45) is 5.92 Å². The Morgan fingerprint density at radius 3 is 2.69 bits per heavy atom. The van der Waals surface area contributed by atoms with Crippen molar-refractivity contribution >= 4 is 0 Å². The fourth-order valence-corrected chi connectivity index (χ4v) is 1.30. The molecule has 0 aliphatic heterocycles. The van der Waals surface area contributed by atoms with Crippen molar-refractivity contribution in [3.63, 3.8) is 0 Å². The number of phenols is 1. The Hall–Kier alpha value is -1.26. The van der Waals surface area contributed by atoms with Gasteiger partial charge in [-0.3, -0.25) is 0 Å². The van der Waals surface area contributed by atoms with Crippen LogP contribution < -0.4 is 4.74 Å². The van der Waals surface area contributed by atoms with E-state index in [4.69, 9.17) is 14.6 Å². The van der Waals surface area contributed by atoms with Gasteiger partial charge in [-0.25, -0.2) is 0 Å². The summed E-state index contributed by atoms with van der Waals surface area (Å²) in [4.78, 5) is 0. The van der Waals surface area contributed by atoms with E-state index in [9.17, 15) is 5.11 Å². The number of phenolic OH excluding ortho intramolecular Hbond substituents is 1. The van der Waals surface area contributed by atoms with Crippen LogP contribution in [0.4, 0.5) is 0 Å². The lowest BCUT2D eigenvalue weighted by molar-refractivity contribution is 0.114. The molecule has 1 aromatic rings. The topological polar surface area (TPSA) is 58.9 Å². The van der Waals surface area contributed by atoms with E-state index in [0.29, 0.717) is 19.0 Å². The van der Waals surface area contributed by atoms with Crippen LogP contribution in [0.25, 0.3) is 0 Å². The van der Waals surface area contributed by atoms with Gasteiger partial charge < -0.3 is 19.7 Å². The van der Waals surface area contributed by atoms with Crippen LogP contribution >= 0.6 is 0 Å². The molecular weight excluding hydrogens is 208 g/mol. The van der Waals surface area contributed by atoms with Crippen LogP contribution in [0.2, 0.25) is 0 Å². The third-order valence-electron chi connectivity index (χ3n) is 2.33. The molecular formula is C12H18O4. The Balaban J connectivity index is 2.40. The lowest BCUT2D eigenvalue weighted by atomic mass is 10.1. The van der Waals surface area contributed by atoms with E-state index in [-0.39, 0.29) is 18.3 Å². The number of hydrogen-bond acceptors (Lipinski definition) is 4. The normalized spacial score (nSPS) is 12.4. The van der Waals surface area contributed by atoms with Crippen molar-refractivity contribution in [1.29, 1.82) is 0 Å². The minimum atomic E-state index is 0.0274. The quantitative estimate of drug-likeness (QED) is 0.738. The molecule has 90 valence electrons. The number of ether oxygens (including phenoxy) is 2. The minimum absolute atomic E-state index is 0.0274.